The van der Waals surface area contributed by atoms with Gasteiger partial charge in [-0.1, -0.05) is 0 Å². The molecular weight excluding hydrogens is 212 g/mol. The molecule has 1 unspecified atom stereocenters. The second kappa shape index (κ2) is 4.78. The Morgan fingerprint density at radius 3 is 2.88 bits per heavy atom. The van der Waals surface area contributed by atoms with Crippen LogP contribution >= 0.6 is 0 Å². The van der Waals surface area contributed by atoms with Crippen molar-refractivity contribution in [2.45, 2.75) is 31.7 Å². The second-order valence-corrected chi connectivity index (χ2v) is 4.19. The van der Waals surface area contributed by atoms with Gasteiger partial charge in [0.1, 0.15) is 5.75 Å². The number of alkyl halides is 2. The van der Waals surface area contributed by atoms with Crippen LogP contribution in [0, 0.1) is 0 Å². The van der Waals surface area contributed by atoms with Gasteiger partial charge in [0, 0.05) is 11.6 Å². The number of phenols is 1. The summed E-state index contributed by atoms with van der Waals surface area (Å²) in [5.41, 5.74) is 0.586. The summed E-state index contributed by atoms with van der Waals surface area (Å²) in [6.45, 7) is 0.972. The molecule has 1 aliphatic rings. The molecule has 0 aliphatic carbocycles. The van der Waals surface area contributed by atoms with E-state index in [4.69, 9.17) is 0 Å². The number of benzene rings is 1. The Hall–Kier alpha value is -1.16. The molecule has 2 N–H and O–H groups in total. The van der Waals surface area contributed by atoms with Crippen LogP contribution < -0.4 is 5.32 Å². The van der Waals surface area contributed by atoms with Crippen molar-refractivity contribution in [2.24, 2.45) is 0 Å². The third-order valence-corrected chi connectivity index (χ3v) is 2.98. The van der Waals surface area contributed by atoms with E-state index in [0.29, 0.717) is 18.0 Å². The highest BCUT2D eigenvalue weighted by atomic mass is 19.3. The quantitative estimate of drug-likeness (QED) is 0.832. The SMILES string of the molecule is Oc1ccc(C(F)F)cc1CC1CCCN1. The maximum atomic E-state index is 12.5. The van der Waals surface area contributed by atoms with Crippen LogP contribution in [0.2, 0.25) is 0 Å². The summed E-state index contributed by atoms with van der Waals surface area (Å²) in [6, 6.07) is 4.33. The van der Waals surface area contributed by atoms with Crippen LogP contribution in [0.5, 0.6) is 5.75 Å². The summed E-state index contributed by atoms with van der Waals surface area (Å²) >= 11 is 0. The normalized spacial score (nSPS) is 20.6. The summed E-state index contributed by atoms with van der Waals surface area (Å²) < 4.78 is 25.0. The lowest BCUT2D eigenvalue weighted by atomic mass is 10.0. The van der Waals surface area contributed by atoms with Gasteiger partial charge in [-0.3, -0.25) is 0 Å². The van der Waals surface area contributed by atoms with Crippen LogP contribution in [-0.4, -0.2) is 17.7 Å². The second-order valence-electron chi connectivity index (χ2n) is 4.19. The Bertz CT molecular complexity index is 362. The molecule has 88 valence electrons. The minimum absolute atomic E-state index is 0.0224. The molecule has 0 spiro atoms. The number of rotatable bonds is 3. The fourth-order valence-electron chi connectivity index (χ4n) is 2.10. The van der Waals surface area contributed by atoms with Crippen LogP contribution in [0.15, 0.2) is 18.2 Å². The molecule has 0 aromatic heterocycles. The monoisotopic (exact) mass is 227 g/mol. The van der Waals surface area contributed by atoms with Crippen molar-refractivity contribution >= 4 is 0 Å². The lowest BCUT2D eigenvalue weighted by Crippen LogP contribution is -2.23. The van der Waals surface area contributed by atoms with E-state index in [1.807, 2.05) is 0 Å². The third-order valence-electron chi connectivity index (χ3n) is 2.98. The number of nitrogens with one attached hydrogen (secondary N) is 1. The van der Waals surface area contributed by atoms with Gasteiger partial charge < -0.3 is 10.4 Å². The summed E-state index contributed by atoms with van der Waals surface area (Å²) in [7, 11) is 0. The standard InChI is InChI=1S/C12H15F2NO/c13-12(14)8-3-4-11(16)9(6-8)7-10-2-1-5-15-10/h3-4,6,10,12,15-16H,1-2,5,7H2. The van der Waals surface area contributed by atoms with Crippen LogP contribution in [-0.2, 0) is 6.42 Å². The van der Waals surface area contributed by atoms with Crippen LogP contribution in [0.4, 0.5) is 8.78 Å². The molecule has 2 rings (SSSR count). The van der Waals surface area contributed by atoms with Crippen molar-refractivity contribution in [3.05, 3.63) is 29.3 Å². The predicted octanol–water partition coefficient (Wildman–Crippen LogP) is 2.62. The summed E-state index contributed by atoms with van der Waals surface area (Å²) in [5, 5.41) is 12.9. The highest BCUT2D eigenvalue weighted by Crippen LogP contribution is 2.27. The number of halogens is 2. The Balaban J connectivity index is 2.14. The maximum Gasteiger partial charge on any atom is 0.263 e. The topological polar surface area (TPSA) is 32.3 Å². The van der Waals surface area contributed by atoms with Crippen molar-refractivity contribution in [1.29, 1.82) is 0 Å². The van der Waals surface area contributed by atoms with Crippen LogP contribution in [0.3, 0.4) is 0 Å². The summed E-state index contributed by atoms with van der Waals surface area (Å²) in [4.78, 5) is 0. The Kier molecular flexibility index (Phi) is 3.39. The lowest BCUT2D eigenvalue weighted by Gasteiger charge is -2.12. The van der Waals surface area contributed by atoms with Crippen molar-refractivity contribution in [3.8, 4) is 5.75 Å². The van der Waals surface area contributed by atoms with E-state index in [1.165, 1.54) is 18.2 Å². The van der Waals surface area contributed by atoms with Gasteiger partial charge in [-0.2, -0.15) is 0 Å². The molecule has 0 amide bonds. The smallest absolute Gasteiger partial charge is 0.263 e. The van der Waals surface area contributed by atoms with E-state index >= 15 is 0 Å². The highest BCUT2D eigenvalue weighted by molar-refractivity contribution is 5.37. The van der Waals surface area contributed by atoms with E-state index < -0.39 is 6.43 Å². The van der Waals surface area contributed by atoms with Gasteiger partial charge in [0.15, 0.2) is 0 Å². The number of aromatic hydroxyl groups is 1. The van der Waals surface area contributed by atoms with E-state index in [0.717, 1.165) is 19.4 Å². The van der Waals surface area contributed by atoms with Gasteiger partial charge in [0.2, 0.25) is 0 Å². The molecule has 1 atom stereocenters. The van der Waals surface area contributed by atoms with Crippen molar-refractivity contribution in [3.63, 3.8) is 0 Å². The van der Waals surface area contributed by atoms with Gasteiger partial charge in [-0.15, -0.1) is 0 Å². The molecule has 16 heavy (non-hydrogen) atoms. The zero-order valence-electron chi connectivity index (χ0n) is 8.92. The van der Waals surface area contributed by atoms with Gasteiger partial charge >= 0.3 is 0 Å². The predicted molar refractivity (Wildman–Crippen MR) is 57.8 cm³/mol. The molecule has 0 bridgehead atoms. The summed E-state index contributed by atoms with van der Waals surface area (Å²) in [6.07, 6.45) is 0.293. The maximum absolute atomic E-state index is 12.5. The Morgan fingerprint density at radius 2 is 2.25 bits per heavy atom. The molecule has 1 aliphatic heterocycles. The first-order valence-corrected chi connectivity index (χ1v) is 5.50. The van der Waals surface area contributed by atoms with Gasteiger partial charge in [0.05, 0.1) is 0 Å². The molecule has 1 fully saturated rings. The van der Waals surface area contributed by atoms with E-state index in [1.54, 1.807) is 0 Å². The molecule has 1 aromatic rings. The average Bonchev–Trinajstić information content (AvgIpc) is 2.73. The highest BCUT2D eigenvalue weighted by Gasteiger charge is 2.17. The minimum Gasteiger partial charge on any atom is -0.508 e. The molecular formula is C12H15F2NO. The molecule has 0 radical (unpaired) electrons. The van der Waals surface area contributed by atoms with Crippen LogP contribution in [0.25, 0.3) is 0 Å². The van der Waals surface area contributed by atoms with Gasteiger partial charge in [0.25, 0.3) is 6.43 Å². The van der Waals surface area contributed by atoms with Crippen molar-refractivity contribution in [2.75, 3.05) is 6.54 Å². The van der Waals surface area contributed by atoms with Crippen molar-refractivity contribution < 1.29 is 13.9 Å². The molecule has 1 aromatic carbocycles. The van der Waals surface area contributed by atoms with E-state index in [-0.39, 0.29) is 11.3 Å². The molecule has 1 heterocycles. The summed E-state index contributed by atoms with van der Waals surface area (Å²) in [5.74, 6) is 0.109. The fourth-order valence-corrected chi connectivity index (χ4v) is 2.10. The number of hydrogen-bond acceptors (Lipinski definition) is 2. The molecule has 0 saturated carbocycles. The Labute approximate surface area is 93.3 Å². The van der Waals surface area contributed by atoms with E-state index in [2.05, 4.69) is 5.32 Å². The van der Waals surface area contributed by atoms with Crippen LogP contribution in [0.1, 0.15) is 30.4 Å². The van der Waals surface area contributed by atoms with Gasteiger partial charge in [-0.05, 0) is 49.6 Å². The first-order valence-electron chi connectivity index (χ1n) is 5.50. The fraction of sp³-hybridized carbons (Fsp3) is 0.500. The van der Waals surface area contributed by atoms with Crippen molar-refractivity contribution in [1.82, 2.24) is 5.32 Å². The molecule has 4 heteroatoms. The number of phenolic OH excluding ortho intramolecular Hbond substituents is 1. The zero-order valence-corrected chi connectivity index (χ0v) is 8.92. The van der Waals surface area contributed by atoms with E-state index in [9.17, 15) is 13.9 Å². The average molecular weight is 227 g/mol. The largest absolute Gasteiger partial charge is 0.508 e. The first kappa shape index (κ1) is 11.3. The first-order chi connectivity index (χ1) is 7.66. The third kappa shape index (κ3) is 2.50. The van der Waals surface area contributed by atoms with Gasteiger partial charge in [-0.25, -0.2) is 8.78 Å². The molecule has 1 saturated heterocycles. The minimum atomic E-state index is -2.48. The Morgan fingerprint density at radius 1 is 1.44 bits per heavy atom. The zero-order chi connectivity index (χ0) is 11.5. The number of hydrogen-bond donors (Lipinski definition) is 2. The molecule has 2 nitrogen and oxygen atoms in total. The lowest BCUT2D eigenvalue weighted by molar-refractivity contribution is 0.151.